The van der Waals surface area contributed by atoms with E-state index in [1.807, 2.05) is 0 Å². The van der Waals surface area contributed by atoms with Crippen LogP contribution in [0.2, 0.25) is 0 Å². The Balaban J connectivity index is 1.90. The summed E-state index contributed by atoms with van der Waals surface area (Å²) in [5.41, 5.74) is -0.0780. The zero-order chi connectivity index (χ0) is 24.9. The lowest BCUT2D eigenvalue weighted by Crippen LogP contribution is -2.28. The minimum absolute atomic E-state index is 0.0335. The highest BCUT2D eigenvalue weighted by Gasteiger charge is 2.22. The largest absolute Gasteiger partial charge is 0.467 e. The molecule has 1 heterocycles. The Morgan fingerprint density at radius 1 is 0.971 bits per heavy atom. The average Bonchev–Trinajstić information content (AvgIpc) is 2.79. The predicted molar refractivity (Wildman–Crippen MR) is 124 cm³/mol. The van der Waals surface area contributed by atoms with Crippen molar-refractivity contribution in [1.82, 2.24) is 9.97 Å². The third kappa shape index (κ3) is 6.74. The second-order valence-corrected chi connectivity index (χ2v) is 8.43. The van der Waals surface area contributed by atoms with E-state index in [2.05, 4.69) is 15.3 Å². The first-order valence-electron chi connectivity index (χ1n) is 10.5. The van der Waals surface area contributed by atoms with Gasteiger partial charge < -0.3 is 19.5 Å². The molecule has 0 saturated carbocycles. The van der Waals surface area contributed by atoms with Gasteiger partial charge in [-0.05, 0) is 76.2 Å². The number of nitrogens with one attached hydrogen (secondary N) is 1. The molecule has 1 aromatic heterocycles. The Hall–Kier alpha value is -4.01. The number of halogens is 1. The van der Waals surface area contributed by atoms with Gasteiger partial charge >= 0.3 is 11.9 Å². The minimum Gasteiger partial charge on any atom is -0.467 e. The molecule has 3 aromatic rings. The summed E-state index contributed by atoms with van der Waals surface area (Å²) in [6.45, 7) is 6.88. The summed E-state index contributed by atoms with van der Waals surface area (Å²) >= 11 is 0. The van der Waals surface area contributed by atoms with Crippen LogP contribution < -0.4 is 10.1 Å². The number of ether oxygens (including phenoxy) is 3. The molecule has 2 aromatic carbocycles. The maximum absolute atomic E-state index is 13.1. The van der Waals surface area contributed by atoms with Gasteiger partial charge in [-0.1, -0.05) is 0 Å². The van der Waals surface area contributed by atoms with Crippen LogP contribution >= 0.6 is 0 Å². The van der Waals surface area contributed by atoms with Crippen LogP contribution in [0, 0.1) is 5.82 Å². The monoisotopic (exact) mass is 467 g/mol. The summed E-state index contributed by atoms with van der Waals surface area (Å²) in [4.78, 5) is 33.3. The van der Waals surface area contributed by atoms with Crippen molar-refractivity contribution in [3.05, 3.63) is 66.1 Å². The van der Waals surface area contributed by atoms with Crippen molar-refractivity contribution in [3.8, 4) is 22.9 Å². The number of carbonyl (C=O) groups is 2. The molecule has 1 N–H and O–H groups in total. The molecule has 0 bridgehead atoms. The summed E-state index contributed by atoms with van der Waals surface area (Å²) in [5.74, 6) is 0.0571. The van der Waals surface area contributed by atoms with Gasteiger partial charge in [-0.2, -0.15) is 0 Å². The molecule has 1 atom stereocenters. The van der Waals surface area contributed by atoms with Crippen molar-refractivity contribution in [2.45, 2.75) is 39.3 Å². The molecule has 3 rings (SSSR count). The van der Waals surface area contributed by atoms with E-state index in [4.69, 9.17) is 14.2 Å². The Morgan fingerprint density at radius 2 is 1.56 bits per heavy atom. The minimum atomic E-state index is -0.714. The predicted octanol–water partition coefficient (Wildman–Crippen LogP) is 5.00. The third-order valence-electron chi connectivity index (χ3n) is 4.42. The molecule has 0 spiro atoms. The van der Waals surface area contributed by atoms with Crippen molar-refractivity contribution in [2.75, 3.05) is 12.4 Å². The number of benzene rings is 2. The van der Waals surface area contributed by atoms with Crippen molar-refractivity contribution in [3.63, 3.8) is 0 Å². The van der Waals surface area contributed by atoms with Gasteiger partial charge in [0, 0.05) is 11.6 Å². The molecule has 0 saturated heterocycles. The highest BCUT2D eigenvalue weighted by Crippen LogP contribution is 2.26. The van der Waals surface area contributed by atoms with E-state index in [0.29, 0.717) is 17.1 Å². The molecule has 0 unspecified atom stereocenters. The third-order valence-corrected chi connectivity index (χ3v) is 4.42. The number of nitrogens with zero attached hydrogens (tertiary/aromatic N) is 2. The summed E-state index contributed by atoms with van der Waals surface area (Å²) in [5, 5.41) is 2.92. The van der Waals surface area contributed by atoms with Crippen LogP contribution in [0.25, 0.3) is 11.4 Å². The normalized spacial score (nSPS) is 11.9. The molecule has 0 aliphatic carbocycles. The maximum Gasteiger partial charge on any atom is 0.357 e. The van der Waals surface area contributed by atoms with Gasteiger partial charge in [0.1, 0.15) is 34.8 Å². The summed E-state index contributed by atoms with van der Waals surface area (Å²) < 4.78 is 29.0. The fourth-order valence-electron chi connectivity index (χ4n) is 2.85. The van der Waals surface area contributed by atoms with Crippen LogP contribution in [-0.4, -0.2) is 40.7 Å². The topological polar surface area (TPSA) is 99.6 Å². The van der Waals surface area contributed by atoms with E-state index in [-0.39, 0.29) is 23.2 Å². The quantitative estimate of drug-likeness (QED) is 0.485. The van der Waals surface area contributed by atoms with Gasteiger partial charge in [0.25, 0.3) is 0 Å². The lowest BCUT2D eigenvalue weighted by molar-refractivity contribution is -0.141. The zero-order valence-corrected chi connectivity index (χ0v) is 19.6. The van der Waals surface area contributed by atoms with Crippen LogP contribution in [0.3, 0.4) is 0 Å². The van der Waals surface area contributed by atoms with E-state index in [0.717, 1.165) is 0 Å². The molecule has 0 aliphatic heterocycles. The Kier molecular flexibility index (Phi) is 7.45. The molecule has 0 fully saturated rings. The van der Waals surface area contributed by atoms with Crippen LogP contribution in [0.5, 0.6) is 11.5 Å². The van der Waals surface area contributed by atoms with Gasteiger partial charge in [-0.25, -0.2) is 23.9 Å². The molecule has 0 radical (unpaired) electrons. The number of aromatic nitrogens is 2. The highest BCUT2D eigenvalue weighted by molar-refractivity contribution is 5.89. The Morgan fingerprint density at radius 3 is 2.12 bits per heavy atom. The molecule has 178 valence electrons. The summed E-state index contributed by atoms with van der Waals surface area (Å²) in [7, 11) is 1.29. The molecule has 0 amide bonds. The first-order chi connectivity index (χ1) is 16.0. The van der Waals surface area contributed by atoms with E-state index in [9.17, 15) is 14.0 Å². The number of esters is 2. The molecule has 34 heavy (non-hydrogen) atoms. The molecule has 0 aliphatic rings. The second kappa shape index (κ2) is 10.3. The number of methoxy groups -OCH3 is 1. The number of hydrogen-bond donors (Lipinski definition) is 1. The fourth-order valence-corrected chi connectivity index (χ4v) is 2.85. The van der Waals surface area contributed by atoms with Crippen LogP contribution in [-0.2, 0) is 14.3 Å². The van der Waals surface area contributed by atoms with Crippen LogP contribution in [0.4, 0.5) is 10.2 Å². The smallest absolute Gasteiger partial charge is 0.357 e. The van der Waals surface area contributed by atoms with Crippen molar-refractivity contribution >= 4 is 17.8 Å². The average molecular weight is 467 g/mol. The number of anilines is 1. The lowest BCUT2D eigenvalue weighted by Gasteiger charge is -2.20. The number of rotatable bonds is 7. The van der Waals surface area contributed by atoms with Gasteiger partial charge in [0.2, 0.25) is 0 Å². The highest BCUT2D eigenvalue weighted by atomic mass is 19.1. The molecular formula is C25H26FN3O5. The maximum atomic E-state index is 13.1. The Bertz CT molecular complexity index is 1160. The first-order valence-corrected chi connectivity index (χ1v) is 10.5. The van der Waals surface area contributed by atoms with Crippen LogP contribution in [0.1, 0.15) is 38.2 Å². The zero-order valence-electron chi connectivity index (χ0n) is 19.6. The second-order valence-electron chi connectivity index (χ2n) is 8.43. The number of carbonyl (C=O) groups excluding carboxylic acids is 2. The van der Waals surface area contributed by atoms with Crippen molar-refractivity contribution in [2.24, 2.45) is 0 Å². The Labute approximate surface area is 197 Å². The summed E-state index contributed by atoms with van der Waals surface area (Å²) in [6.07, 6.45) is 0. The van der Waals surface area contributed by atoms with Crippen molar-refractivity contribution < 1.29 is 28.2 Å². The fraction of sp³-hybridized carbons (Fsp3) is 0.280. The standard InChI is InChI=1S/C25H26FN3O5/c1-15(23(30)32-5)27-21-14-20(24(31)34-25(2,3)4)28-22(29-21)16-6-10-18(11-7-16)33-19-12-8-17(26)9-13-19/h6-15H,1-5H3,(H,27,28,29)/t15-/m0/s1. The van der Waals surface area contributed by atoms with Gasteiger partial charge in [-0.3, -0.25) is 0 Å². The van der Waals surface area contributed by atoms with Crippen molar-refractivity contribution in [1.29, 1.82) is 0 Å². The molecule has 8 nitrogen and oxygen atoms in total. The lowest BCUT2D eigenvalue weighted by atomic mass is 10.2. The van der Waals surface area contributed by atoms with Gasteiger partial charge in [0.05, 0.1) is 7.11 Å². The van der Waals surface area contributed by atoms with E-state index >= 15 is 0 Å². The van der Waals surface area contributed by atoms with E-state index in [1.54, 1.807) is 52.0 Å². The molecule has 9 heteroatoms. The van der Waals surface area contributed by atoms with Gasteiger partial charge in [0.15, 0.2) is 11.5 Å². The summed E-state index contributed by atoms with van der Waals surface area (Å²) in [6, 6.07) is 13.2. The van der Waals surface area contributed by atoms with Gasteiger partial charge in [-0.15, -0.1) is 0 Å². The van der Waals surface area contributed by atoms with E-state index in [1.165, 1.54) is 37.4 Å². The number of hydrogen-bond acceptors (Lipinski definition) is 8. The SMILES string of the molecule is COC(=O)[C@H](C)Nc1cc(C(=O)OC(C)(C)C)nc(-c2ccc(Oc3ccc(F)cc3)cc2)n1. The first kappa shape index (κ1) is 24.6. The van der Waals surface area contributed by atoms with Crippen LogP contribution in [0.15, 0.2) is 54.6 Å². The molecular weight excluding hydrogens is 441 g/mol. The van der Waals surface area contributed by atoms with E-state index < -0.39 is 23.6 Å².